The molecule has 5 aliphatic rings. The third-order valence-electron chi connectivity index (χ3n) is 12.0. The van der Waals surface area contributed by atoms with E-state index in [4.69, 9.17) is 23.7 Å². The monoisotopic (exact) mass is 870 g/mol. The first-order valence-corrected chi connectivity index (χ1v) is 21.7. The van der Waals surface area contributed by atoms with Crippen LogP contribution in [0.5, 0.6) is 5.75 Å². The Morgan fingerprint density at radius 1 is 0.903 bits per heavy atom. The van der Waals surface area contributed by atoms with E-state index in [1.165, 1.54) is 17.2 Å². The first kappa shape index (κ1) is 47.0. The number of hydrogen-bond acceptors (Lipinski definition) is 14. The Bertz CT molecular complexity index is 1840. The minimum absolute atomic E-state index is 0.0166. The van der Waals surface area contributed by atoms with Gasteiger partial charge in [0.15, 0.2) is 5.60 Å². The first-order chi connectivity index (χ1) is 29.8. The number of carbonyl (C=O) groups excluding carboxylic acids is 3. The van der Waals surface area contributed by atoms with Gasteiger partial charge in [-0.2, -0.15) is 0 Å². The van der Waals surface area contributed by atoms with E-state index in [1.807, 2.05) is 0 Å². The molecule has 4 aliphatic heterocycles. The number of carbonyl (C=O) groups is 4. The number of nitrogens with one attached hydrogen (secondary N) is 3. The van der Waals surface area contributed by atoms with Crippen molar-refractivity contribution in [1.82, 2.24) is 30.9 Å². The Morgan fingerprint density at radius 3 is 2.37 bits per heavy atom. The van der Waals surface area contributed by atoms with Crippen molar-refractivity contribution in [2.75, 3.05) is 52.8 Å². The second kappa shape index (κ2) is 22.2. The highest BCUT2D eigenvalue weighted by Crippen LogP contribution is 2.36. The van der Waals surface area contributed by atoms with E-state index in [-0.39, 0.29) is 69.3 Å². The number of fused-ring (bicyclic) bond motifs is 16. The number of hydrogen-bond donors (Lipinski definition) is 7. The summed E-state index contributed by atoms with van der Waals surface area (Å²) in [6.45, 7) is 4.30. The zero-order valence-corrected chi connectivity index (χ0v) is 35.5. The van der Waals surface area contributed by atoms with Crippen LogP contribution in [-0.4, -0.2) is 154 Å². The Balaban J connectivity index is 1.20. The van der Waals surface area contributed by atoms with E-state index in [9.17, 15) is 39.6 Å². The molecule has 3 amide bonds. The quantitative estimate of drug-likeness (QED) is 0.190. The van der Waals surface area contributed by atoms with E-state index < -0.39 is 72.8 Å². The molecule has 4 bridgehead atoms. The molecule has 1 aromatic carbocycles. The summed E-state index contributed by atoms with van der Waals surface area (Å²) in [6, 6.07) is 1.32. The van der Waals surface area contributed by atoms with Crippen LogP contribution >= 0.6 is 0 Å². The number of benzene rings is 1. The Hall–Kier alpha value is -4.50. The molecule has 2 saturated heterocycles. The lowest BCUT2D eigenvalue weighted by Crippen LogP contribution is -2.67. The molecule has 0 spiro atoms. The van der Waals surface area contributed by atoms with Gasteiger partial charge in [0.05, 0.1) is 68.9 Å². The van der Waals surface area contributed by atoms with E-state index in [2.05, 4.69) is 26.3 Å². The standard InChI is InChI=1S/C43H62N6O13/c1-26-17-30-18-27(2)38(26)61-16-15-60-25-31(45-41(55)29-11-8-14-58-23-29)24-59-13-7-6-12-43(42(56)57)19-33(50)36(39(62-43)37(53)34(51)20-44-40(30)54)46-35(52)22-49-21-32(47-48-49)28-9-4-3-5-10-28/h6-7,17-18,21,28-29,31,33-34,36-37,39,50-51,53H,3-5,8-16,19-20,22-25H2,1-2H3,(H,44,54)(H,45,55)(H,46,52)(H,56,57)/b7-6+/t29?,31-,33-,34+,36+,37+,39+,43+/m0/s1. The lowest BCUT2D eigenvalue weighted by molar-refractivity contribution is -0.226. The largest absolute Gasteiger partial charge is 0.491 e. The van der Waals surface area contributed by atoms with Crippen LogP contribution in [0.3, 0.4) is 0 Å². The Morgan fingerprint density at radius 2 is 1.65 bits per heavy atom. The number of aliphatic hydroxyl groups is 3. The summed E-state index contributed by atoms with van der Waals surface area (Å²) in [4.78, 5) is 52.9. The molecular weight excluding hydrogens is 809 g/mol. The van der Waals surface area contributed by atoms with E-state index in [0.29, 0.717) is 36.5 Å². The molecule has 19 heteroatoms. The number of aryl methyl sites for hydroxylation is 2. The van der Waals surface area contributed by atoms with Gasteiger partial charge in [0, 0.05) is 43.7 Å². The summed E-state index contributed by atoms with van der Waals surface area (Å²) >= 11 is 0. The van der Waals surface area contributed by atoms with Crippen LogP contribution in [0.4, 0.5) is 0 Å². The van der Waals surface area contributed by atoms with Crippen molar-refractivity contribution >= 4 is 23.7 Å². The lowest BCUT2D eigenvalue weighted by Gasteiger charge is -2.47. The molecule has 1 aliphatic carbocycles. The van der Waals surface area contributed by atoms with Crippen LogP contribution in [0.15, 0.2) is 30.5 Å². The first-order valence-electron chi connectivity index (χ1n) is 21.7. The predicted molar refractivity (Wildman–Crippen MR) is 220 cm³/mol. The molecule has 19 nitrogen and oxygen atoms in total. The fourth-order valence-corrected chi connectivity index (χ4v) is 8.63. The number of aliphatic carboxylic acids is 1. The highest BCUT2D eigenvalue weighted by Gasteiger charge is 2.54. The average molecular weight is 871 g/mol. The van der Waals surface area contributed by atoms with Crippen LogP contribution in [0.1, 0.15) is 90.9 Å². The van der Waals surface area contributed by atoms with Crippen LogP contribution in [0.25, 0.3) is 0 Å². The normalized spacial score (nSPS) is 30.5. The molecule has 1 aromatic heterocycles. The molecule has 8 atom stereocenters. The molecular formula is C43H62N6O13. The highest BCUT2D eigenvalue weighted by atomic mass is 16.6. The zero-order chi connectivity index (χ0) is 44.2. The molecule has 5 heterocycles. The second-order valence-corrected chi connectivity index (χ2v) is 16.9. The summed E-state index contributed by atoms with van der Waals surface area (Å²) in [5, 5.41) is 61.7. The van der Waals surface area contributed by atoms with E-state index in [1.54, 1.807) is 38.3 Å². The van der Waals surface area contributed by atoms with Gasteiger partial charge in [0.2, 0.25) is 11.8 Å². The average Bonchev–Trinajstić information content (AvgIpc) is 3.73. The van der Waals surface area contributed by atoms with Gasteiger partial charge >= 0.3 is 5.97 Å². The topological polar surface area (TPSA) is 262 Å². The van der Waals surface area contributed by atoms with Crippen molar-refractivity contribution in [3.63, 3.8) is 0 Å². The summed E-state index contributed by atoms with van der Waals surface area (Å²) in [5.74, 6) is -2.30. The van der Waals surface area contributed by atoms with Gasteiger partial charge in [-0.25, -0.2) is 9.48 Å². The zero-order valence-electron chi connectivity index (χ0n) is 35.5. The molecule has 0 radical (unpaired) electrons. The molecule has 1 saturated carbocycles. The third kappa shape index (κ3) is 12.4. The number of carboxylic acid groups (broad SMARTS) is 1. The van der Waals surface area contributed by atoms with Crippen molar-refractivity contribution in [3.05, 3.63) is 52.9 Å². The van der Waals surface area contributed by atoms with Gasteiger partial charge in [-0.05, 0) is 62.8 Å². The lowest BCUT2D eigenvalue weighted by atomic mass is 9.81. The minimum atomic E-state index is -2.11. The van der Waals surface area contributed by atoms with Gasteiger partial charge < -0.3 is 60.1 Å². The van der Waals surface area contributed by atoms with E-state index >= 15 is 0 Å². The third-order valence-corrected chi connectivity index (χ3v) is 12.0. The molecule has 3 fully saturated rings. The van der Waals surface area contributed by atoms with Gasteiger partial charge in [-0.15, -0.1) is 5.10 Å². The maximum atomic E-state index is 13.5. The summed E-state index contributed by atoms with van der Waals surface area (Å²) in [5.41, 5.74) is 0.265. The highest BCUT2D eigenvalue weighted by molar-refractivity contribution is 5.95. The van der Waals surface area contributed by atoms with Crippen molar-refractivity contribution in [2.45, 2.75) is 126 Å². The predicted octanol–water partition coefficient (Wildman–Crippen LogP) is 0.836. The number of aromatic nitrogens is 3. The SMILES string of the molecule is Cc1cc2cc(C)c1OCCOC[C@@H](NC(=O)C1CCCOC1)COC/C=C/C[C@]1(C(=O)O)C[C@H](O)[C@@H](NC(=O)Cn3cc(C4CCCCC4)nn3)[C@@H](O1)[C@H](O)[C@H](O)CNC2=O. The number of rotatable bonds is 7. The van der Waals surface area contributed by atoms with Crippen LogP contribution < -0.4 is 20.7 Å². The number of nitrogens with zero attached hydrogens (tertiary/aromatic N) is 3. The molecule has 342 valence electrons. The second-order valence-electron chi connectivity index (χ2n) is 16.9. The van der Waals surface area contributed by atoms with Crippen LogP contribution in [0, 0.1) is 19.8 Å². The summed E-state index contributed by atoms with van der Waals surface area (Å²) < 4.78 is 30.8. The Kier molecular flexibility index (Phi) is 16.8. The van der Waals surface area contributed by atoms with Gasteiger partial charge in [-0.1, -0.05) is 36.6 Å². The summed E-state index contributed by atoms with van der Waals surface area (Å²) in [7, 11) is 0. The maximum Gasteiger partial charge on any atom is 0.336 e. The smallest absolute Gasteiger partial charge is 0.336 e. The summed E-state index contributed by atoms with van der Waals surface area (Å²) in [6.07, 6.45) is 3.96. The van der Waals surface area contributed by atoms with Crippen molar-refractivity contribution in [2.24, 2.45) is 5.92 Å². The molecule has 7 N–H and O–H groups in total. The van der Waals surface area contributed by atoms with Gasteiger partial charge in [0.1, 0.15) is 31.1 Å². The fraction of sp³-hybridized carbons (Fsp3) is 0.674. The Labute approximate surface area is 360 Å². The minimum Gasteiger partial charge on any atom is -0.491 e. The number of aliphatic hydroxyl groups excluding tert-OH is 3. The number of carboxylic acids is 1. The van der Waals surface area contributed by atoms with Crippen LogP contribution in [-0.2, 0) is 39.9 Å². The number of ether oxygens (including phenoxy) is 5. The van der Waals surface area contributed by atoms with Gasteiger partial charge in [0.25, 0.3) is 5.91 Å². The molecule has 2 aromatic rings. The molecule has 1 unspecified atom stereocenters. The van der Waals surface area contributed by atoms with Gasteiger partial charge in [-0.3, -0.25) is 14.4 Å². The van der Waals surface area contributed by atoms with E-state index in [0.717, 1.165) is 37.8 Å². The number of amides is 3. The fourth-order valence-electron chi connectivity index (χ4n) is 8.63. The van der Waals surface area contributed by atoms with Crippen molar-refractivity contribution < 1.29 is 63.3 Å². The van der Waals surface area contributed by atoms with Crippen LogP contribution in [0.2, 0.25) is 0 Å². The molecule has 7 rings (SSSR count). The van der Waals surface area contributed by atoms with Crippen molar-refractivity contribution in [1.29, 1.82) is 0 Å². The van der Waals surface area contributed by atoms with Crippen molar-refractivity contribution in [3.8, 4) is 5.75 Å². The maximum absolute atomic E-state index is 13.5. The molecule has 62 heavy (non-hydrogen) atoms.